The largest absolute Gasteiger partial charge is 0.465 e. The number of carbonyl (C=O) groups is 3. The molecule has 0 aliphatic heterocycles. The van der Waals surface area contributed by atoms with Crippen molar-refractivity contribution in [2.75, 3.05) is 6.54 Å². The third-order valence-electron chi connectivity index (χ3n) is 6.36. The van der Waals surface area contributed by atoms with Gasteiger partial charge in [0.1, 0.15) is 6.04 Å². The molecule has 0 heterocycles. The average molecular weight is 424 g/mol. The van der Waals surface area contributed by atoms with Crippen molar-refractivity contribution in [1.29, 1.82) is 0 Å². The van der Waals surface area contributed by atoms with Gasteiger partial charge in [-0.25, -0.2) is 9.59 Å². The topological polar surface area (TPSA) is 90.0 Å². The fraction of sp³-hybridized carbons (Fsp3) is 0.870. The van der Waals surface area contributed by atoms with E-state index in [2.05, 4.69) is 5.32 Å². The number of nitrogens with zero attached hydrogens (tertiary/aromatic N) is 2. The maximum atomic E-state index is 13.8. The number of nitrogens with one attached hydrogen (secondary N) is 1. The molecule has 2 rings (SSSR count). The molecule has 1 unspecified atom stereocenters. The molecule has 1 atom stereocenters. The smallest absolute Gasteiger partial charge is 0.407 e. The Morgan fingerprint density at radius 2 is 1.43 bits per heavy atom. The van der Waals surface area contributed by atoms with Gasteiger partial charge in [0.15, 0.2) is 0 Å². The summed E-state index contributed by atoms with van der Waals surface area (Å²) in [6.45, 7) is 7.86. The van der Waals surface area contributed by atoms with E-state index in [1.165, 1.54) is 16.2 Å². The summed E-state index contributed by atoms with van der Waals surface area (Å²) in [5.74, 6) is -0.497. The van der Waals surface area contributed by atoms with E-state index in [4.69, 9.17) is 0 Å². The lowest BCUT2D eigenvalue weighted by Gasteiger charge is -2.40. The van der Waals surface area contributed by atoms with Crippen molar-refractivity contribution in [1.82, 2.24) is 15.1 Å². The summed E-state index contributed by atoms with van der Waals surface area (Å²) >= 11 is 0. The van der Waals surface area contributed by atoms with E-state index >= 15 is 0 Å². The van der Waals surface area contributed by atoms with Gasteiger partial charge in [0, 0.05) is 18.6 Å². The Hall–Kier alpha value is -1.79. The number of hydrogen-bond donors (Lipinski definition) is 2. The number of urea groups is 1. The van der Waals surface area contributed by atoms with E-state index < -0.39 is 12.1 Å². The van der Waals surface area contributed by atoms with Gasteiger partial charge in [0.25, 0.3) is 5.91 Å². The maximum Gasteiger partial charge on any atom is 0.407 e. The predicted molar refractivity (Wildman–Crippen MR) is 117 cm³/mol. The molecule has 2 fully saturated rings. The minimum Gasteiger partial charge on any atom is -0.465 e. The molecule has 0 aromatic carbocycles. The number of rotatable bonds is 7. The molecule has 0 radical (unpaired) electrons. The second-order valence-corrected chi connectivity index (χ2v) is 9.80. The van der Waals surface area contributed by atoms with Crippen molar-refractivity contribution in [3.05, 3.63) is 0 Å². The van der Waals surface area contributed by atoms with Crippen LogP contribution in [0.3, 0.4) is 0 Å². The van der Waals surface area contributed by atoms with Crippen LogP contribution in [0.15, 0.2) is 0 Å². The summed E-state index contributed by atoms with van der Waals surface area (Å²) in [5.41, 5.74) is 0. The lowest BCUT2D eigenvalue weighted by Crippen LogP contribution is -2.60. The molecule has 0 saturated heterocycles. The van der Waals surface area contributed by atoms with Crippen LogP contribution in [0.2, 0.25) is 0 Å². The molecule has 0 spiro atoms. The van der Waals surface area contributed by atoms with Gasteiger partial charge in [-0.15, -0.1) is 0 Å². The van der Waals surface area contributed by atoms with Crippen molar-refractivity contribution in [3.8, 4) is 0 Å². The number of amides is 4. The minimum atomic E-state index is -1.10. The molecule has 2 N–H and O–H groups in total. The molecule has 172 valence electrons. The Kier molecular flexibility index (Phi) is 9.43. The van der Waals surface area contributed by atoms with E-state index in [0.29, 0.717) is 0 Å². The van der Waals surface area contributed by atoms with Crippen molar-refractivity contribution < 1.29 is 19.5 Å². The Morgan fingerprint density at radius 3 is 1.90 bits per heavy atom. The maximum absolute atomic E-state index is 13.8. The van der Waals surface area contributed by atoms with Crippen molar-refractivity contribution in [2.24, 2.45) is 11.8 Å². The molecule has 7 nitrogen and oxygen atoms in total. The second kappa shape index (κ2) is 11.6. The van der Waals surface area contributed by atoms with Gasteiger partial charge < -0.3 is 10.4 Å². The first-order chi connectivity index (χ1) is 14.2. The van der Waals surface area contributed by atoms with Crippen molar-refractivity contribution >= 4 is 18.0 Å². The lowest BCUT2D eigenvalue weighted by atomic mass is 9.92. The van der Waals surface area contributed by atoms with Crippen LogP contribution in [0, 0.1) is 11.8 Å². The van der Waals surface area contributed by atoms with Crippen LogP contribution in [0.5, 0.6) is 0 Å². The monoisotopic (exact) mass is 423 g/mol. The van der Waals surface area contributed by atoms with Crippen LogP contribution in [-0.2, 0) is 4.79 Å². The molecule has 0 aromatic rings. The first-order valence-corrected chi connectivity index (χ1v) is 11.9. The highest BCUT2D eigenvalue weighted by molar-refractivity contribution is 5.98. The highest BCUT2D eigenvalue weighted by Crippen LogP contribution is 2.27. The van der Waals surface area contributed by atoms with Gasteiger partial charge in [0.2, 0.25) is 0 Å². The number of hydrogen-bond acceptors (Lipinski definition) is 3. The minimum absolute atomic E-state index is 0.0920. The SMILES string of the molecule is CC(C)CN(C(=O)O)C(C(=O)N(C(=O)NC1CCCCC1)C1CCCCC1)C(C)C. The second-order valence-electron chi connectivity index (χ2n) is 9.80. The van der Waals surface area contributed by atoms with E-state index in [0.717, 1.165) is 57.8 Å². The molecule has 0 aromatic heterocycles. The highest BCUT2D eigenvalue weighted by Gasteiger charge is 2.41. The Balaban J connectivity index is 2.29. The van der Waals surface area contributed by atoms with Crippen molar-refractivity contribution in [3.63, 3.8) is 0 Å². The molecule has 4 amide bonds. The van der Waals surface area contributed by atoms with E-state index in [9.17, 15) is 19.5 Å². The van der Waals surface area contributed by atoms with E-state index in [1.54, 1.807) is 0 Å². The van der Waals surface area contributed by atoms with Crippen LogP contribution in [0.4, 0.5) is 9.59 Å². The molecule has 2 saturated carbocycles. The standard InChI is InChI=1S/C23H41N3O4/c1-16(2)15-25(23(29)30)20(17(3)4)21(27)26(19-13-9-6-10-14-19)22(28)24-18-11-7-5-8-12-18/h16-20H,5-15H2,1-4H3,(H,24,28)(H,29,30). The zero-order valence-electron chi connectivity index (χ0n) is 19.2. The Labute approximate surface area is 181 Å². The van der Waals surface area contributed by atoms with Gasteiger partial charge in [0.05, 0.1) is 0 Å². The number of carbonyl (C=O) groups excluding carboxylic acids is 2. The van der Waals surface area contributed by atoms with Gasteiger partial charge in [-0.05, 0) is 37.5 Å². The number of carboxylic acid groups (broad SMARTS) is 1. The zero-order valence-corrected chi connectivity index (χ0v) is 19.2. The van der Waals surface area contributed by atoms with Gasteiger partial charge in [-0.2, -0.15) is 0 Å². The fourth-order valence-corrected chi connectivity index (χ4v) is 4.90. The Bertz CT molecular complexity index is 581. The van der Waals surface area contributed by atoms with E-state index in [-0.39, 0.29) is 42.4 Å². The van der Waals surface area contributed by atoms with Crippen LogP contribution < -0.4 is 5.32 Å². The molecule has 7 heteroatoms. The quantitative estimate of drug-likeness (QED) is 0.612. The molecular weight excluding hydrogens is 382 g/mol. The third kappa shape index (κ3) is 6.61. The predicted octanol–water partition coefficient (Wildman–Crippen LogP) is 4.85. The zero-order chi connectivity index (χ0) is 22.3. The molecular formula is C23H41N3O4. The first kappa shape index (κ1) is 24.5. The normalized spacial score (nSPS) is 19.5. The average Bonchev–Trinajstić information content (AvgIpc) is 2.68. The molecule has 2 aliphatic rings. The Morgan fingerprint density at radius 1 is 0.900 bits per heavy atom. The summed E-state index contributed by atoms with van der Waals surface area (Å²) < 4.78 is 0. The number of imide groups is 1. The summed E-state index contributed by atoms with van der Waals surface area (Å²) in [5, 5.41) is 12.9. The van der Waals surface area contributed by atoms with Gasteiger partial charge in [-0.3, -0.25) is 14.6 Å². The van der Waals surface area contributed by atoms with Gasteiger partial charge in [-0.1, -0.05) is 66.2 Å². The summed E-state index contributed by atoms with van der Waals surface area (Å²) in [4.78, 5) is 41.7. The van der Waals surface area contributed by atoms with Crippen LogP contribution in [0.1, 0.15) is 91.9 Å². The molecule has 0 bridgehead atoms. The first-order valence-electron chi connectivity index (χ1n) is 11.9. The molecule has 30 heavy (non-hydrogen) atoms. The van der Waals surface area contributed by atoms with Crippen molar-refractivity contribution in [2.45, 2.75) is 110 Å². The molecule has 2 aliphatic carbocycles. The van der Waals surface area contributed by atoms with Crippen LogP contribution in [0.25, 0.3) is 0 Å². The summed E-state index contributed by atoms with van der Waals surface area (Å²) in [6.07, 6.45) is 8.86. The lowest BCUT2D eigenvalue weighted by molar-refractivity contribution is -0.137. The van der Waals surface area contributed by atoms with E-state index in [1.807, 2.05) is 27.7 Å². The van der Waals surface area contributed by atoms with Crippen LogP contribution >= 0.6 is 0 Å². The highest BCUT2D eigenvalue weighted by atomic mass is 16.4. The third-order valence-corrected chi connectivity index (χ3v) is 6.36. The fourth-order valence-electron chi connectivity index (χ4n) is 4.90. The van der Waals surface area contributed by atoms with Gasteiger partial charge >= 0.3 is 12.1 Å². The van der Waals surface area contributed by atoms with Crippen LogP contribution in [-0.4, -0.2) is 57.6 Å². The summed E-state index contributed by atoms with van der Waals surface area (Å²) in [6, 6.07) is -1.23. The summed E-state index contributed by atoms with van der Waals surface area (Å²) in [7, 11) is 0.